The minimum absolute atomic E-state index is 1.09. The van der Waals surface area contributed by atoms with Crippen molar-refractivity contribution in [2.45, 2.75) is 13.3 Å². The predicted octanol–water partition coefficient (Wildman–Crippen LogP) is 2.87. The van der Waals surface area contributed by atoms with E-state index >= 15 is 0 Å². The van der Waals surface area contributed by atoms with Crippen LogP contribution in [-0.4, -0.2) is 0 Å². The van der Waals surface area contributed by atoms with Gasteiger partial charge in [0.25, 0.3) is 0 Å². The molecule has 0 aliphatic carbocycles. The summed E-state index contributed by atoms with van der Waals surface area (Å²) in [5.41, 5.74) is 0. The summed E-state index contributed by atoms with van der Waals surface area (Å²) in [4.78, 5) is 1.44. The molecule has 0 saturated heterocycles. The molecular weight excluding hydrogens is 128 g/mol. The molecule has 0 fully saturated rings. The van der Waals surface area contributed by atoms with E-state index in [0.29, 0.717) is 0 Å². The van der Waals surface area contributed by atoms with Crippen molar-refractivity contribution in [1.82, 2.24) is 0 Å². The molecule has 1 aromatic heterocycles. The largest absolute Gasteiger partial charge is 0.149 e. The van der Waals surface area contributed by atoms with Crippen LogP contribution in [0.25, 0.3) is 0 Å². The molecule has 1 heteroatoms. The van der Waals surface area contributed by atoms with Gasteiger partial charge < -0.3 is 0 Å². The normalized spacial score (nSPS) is 10.8. The van der Waals surface area contributed by atoms with Crippen LogP contribution < -0.4 is 0 Å². The van der Waals surface area contributed by atoms with E-state index in [1.54, 1.807) is 0 Å². The Morgan fingerprint density at radius 3 is 3.11 bits per heavy atom. The molecule has 9 heavy (non-hydrogen) atoms. The van der Waals surface area contributed by atoms with Gasteiger partial charge in [0.1, 0.15) is 0 Å². The first kappa shape index (κ1) is 6.56. The average Bonchev–Trinajstić information content (AvgIpc) is 2.34. The van der Waals surface area contributed by atoms with Crippen LogP contribution in [0.4, 0.5) is 0 Å². The number of allylic oxidation sites excluding steroid dienone is 2. The molecule has 0 aliphatic heterocycles. The van der Waals surface area contributed by atoms with Crippen LogP contribution in [0.15, 0.2) is 29.7 Å². The molecule has 1 heterocycles. The fourth-order valence-electron chi connectivity index (χ4n) is 0.663. The SMILES string of the molecule is CC=CCc1cccs1. The van der Waals surface area contributed by atoms with E-state index in [4.69, 9.17) is 0 Å². The van der Waals surface area contributed by atoms with E-state index in [1.807, 2.05) is 18.3 Å². The zero-order valence-corrected chi connectivity index (χ0v) is 6.32. The molecule has 0 radical (unpaired) electrons. The van der Waals surface area contributed by atoms with Gasteiger partial charge in [0, 0.05) is 4.88 Å². The highest BCUT2D eigenvalue weighted by Crippen LogP contribution is 2.08. The van der Waals surface area contributed by atoms with Gasteiger partial charge in [0.2, 0.25) is 0 Å². The fourth-order valence-corrected chi connectivity index (χ4v) is 1.34. The molecule has 0 spiro atoms. The predicted molar refractivity (Wildman–Crippen MR) is 42.8 cm³/mol. The van der Waals surface area contributed by atoms with Crippen LogP contribution in [-0.2, 0) is 6.42 Å². The highest BCUT2D eigenvalue weighted by molar-refractivity contribution is 7.09. The molecule has 0 atom stereocenters. The van der Waals surface area contributed by atoms with E-state index in [2.05, 4.69) is 29.7 Å². The Bertz CT molecular complexity index is 172. The highest BCUT2D eigenvalue weighted by Gasteiger charge is 1.85. The molecule has 48 valence electrons. The van der Waals surface area contributed by atoms with Crippen LogP contribution in [0.1, 0.15) is 11.8 Å². The van der Waals surface area contributed by atoms with Crippen molar-refractivity contribution in [3.8, 4) is 0 Å². The smallest absolute Gasteiger partial charge is 0.00828 e. The third-order valence-electron chi connectivity index (χ3n) is 1.13. The van der Waals surface area contributed by atoms with Crippen LogP contribution in [0.3, 0.4) is 0 Å². The Hall–Kier alpha value is -0.560. The van der Waals surface area contributed by atoms with Crippen molar-refractivity contribution in [3.63, 3.8) is 0 Å². The van der Waals surface area contributed by atoms with Crippen LogP contribution >= 0.6 is 11.3 Å². The van der Waals surface area contributed by atoms with Crippen molar-refractivity contribution in [2.75, 3.05) is 0 Å². The Balaban J connectivity index is 2.48. The Morgan fingerprint density at radius 2 is 2.56 bits per heavy atom. The van der Waals surface area contributed by atoms with Gasteiger partial charge in [-0.1, -0.05) is 18.2 Å². The van der Waals surface area contributed by atoms with Gasteiger partial charge in [-0.3, -0.25) is 0 Å². The summed E-state index contributed by atoms with van der Waals surface area (Å²) in [7, 11) is 0. The summed E-state index contributed by atoms with van der Waals surface area (Å²) in [6.07, 6.45) is 5.35. The Morgan fingerprint density at radius 1 is 1.67 bits per heavy atom. The van der Waals surface area contributed by atoms with E-state index in [9.17, 15) is 0 Å². The number of hydrogen-bond donors (Lipinski definition) is 0. The van der Waals surface area contributed by atoms with E-state index < -0.39 is 0 Å². The second kappa shape index (κ2) is 3.46. The molecule has 0 bridgehead atoms. The third-order valence-corrected chi connectivity index (χ3v) is 2.03. The third kappa shape index (κ3) is 2.02. The van der Waals surface area contributed by atoms with Crippen molar-refractivity contribution < 1.29 is 0 Å². The lowest BCUT2D eigenvalue weighted by molar-refractivity contribution is 1.33. The second-order valence-electron chi connectivity index (χ2n) is 1.85. The summed E-state index contributed by atoms with van der Waals surface area (Å²) < 4.78 is 0. The number of hydrogen-bond acceptors (Lipinski definition) is 1. The van der Waals surface area contributed by atoms with Crippen molar-refractivity contribution in [1.29, 1.82) is 0 Å². The summed E-state index contributed by atoms with van der Waals surface area (Å²) in [6.45, 7) is 2.05. The molecule has 0 N–H and O–H groups in total. The molecule has 0 saturated carbocycles. The fraction of sp³-hybridized carbons (Fsp3) is 0.250. The maximum absolute atomic E-state index is 2.17. The molecule has 1 aromatic rings. The Kier molecular flexibility index (Phi) is 2.52. The maximum atomic E-state index is 2.17. The molecule has 0 aliphatic rings. The van der Waals surface area contributed by atoms with Crippen molar-refractivity contribution in [2.24, 2.45) is 0 Å². The van der Waals surface area contributed by atoms with Crippen molar-refractivity contribution >= 4 is 11.3 Å². The first-order chi connectivity index (χ1) is 4.43. The zero-order chi connectivity index (χ0) is 6.53. The van der Waals surface area contributed by atoms with Gasteiger partial charge in [0.15, 0.2) is 0 Å². The van der Waals surface area contributed by atoms with Crippen molar-refractivity contribution in [3.05, 3.63) is 34.5 Å². The van der Waals surface area contributed by atoms with Crippen LogP contribution in [0.5, 0.6) is 0 Å². The molecular formula is C8H10S. The number of rotatable bonds is 2. The van der Waals surface area contributed by atoms with E-state index in [0.717, 1.165) is 6.42 Å². The lowest BCUT2D eigenvalue weighted by Crippen LogP contribution is -1.68. The second-order valence-corrected chi connectivity index (χ2v) is 2.88. The van der Waals surface area contributed by atoms with Gasteiger partial charge in [0.05, 0.1) is 0 Å². The zero-order valence-electron chi connectivity index (χ0n) is 5.50. The monoisotopic (exact) mass is 138 g/mol. The summed E-state index contributed by atoms with van der Waals surface area (Å²) in [6, 6.07) is 4.24. The topological polar surface area (TPSA) is 0 Å². The maximum Gasteiger partial charge on any atom is 0.00828 e. The molecule has 0 nitrogen and oxygen atoms in total. The van der Waals surface area contributed by atoms with Crippen LogP contribution in [0.2, 0.25) is 0 Å². The van der Waals surface area contributed by atoms with Gasteiger partial charge in [-0.2, -0.15) is 0 Å². The lowest BCUT2D eigenvalue weighted by atomic mass is 10.3. The van der Waals surface area contributed by atoms with E-state index in [-0.39, 0.29) is 0 Å². The average molecular weight is 138 g/mol. The highest BCUT2D eigenvalue weighted by atomic mass is 32.1. The van der Waals surface area contributed by atoms with E-state index in [1.165, 1.54) is 4.88 Å². The van der Waals surface area contributed by atoms with Gasteiger partial charge in [-0.05, 0) is 24.8 Å². The quantitative estimate of drug-likeness (QED) is 0.551. The minimum Gasteiger partial charge on any atom is -0.149 e. The molecule has 0 unspecified atom stereocenters. The molecule has 0 amide bonds. The van der Waals surface area contributed by atoms with Crippen LogP contribution in [0, 0.1) is 0 Å². The minimum atomic E-state index is 1.09. The number of thiophene rings is 1. The lowest BCUT2D eigenvalue weighted by Gasteiger charge is -1.83. The first-order valence-electron chi connectivity index (χ1n) is 3.07. The molecule has 1 rings (SSSR count). The molecule has 0 aromatic carbocycles. The summed E-state index contributed by atoms with van der Waals surface area (Å²) >= 11 is 1.81. The van der Waals surface area contributed by atoms with Gasteiger partial charge >= 0.3 is 0 Å². The van der Waals surface area contributed by atoms with Gasteiger partial charge in [-0.25, -0.2) is 0 Å². The first-order valence-corrected chi connectivity index (χ1v) is 3.95. The standard InChI is InChI=1S/C8H10S/c1-2-3-5-8-6-4-7-9-8/h2-4,6-7H,5H2,1H3. The summed E-state index contributed by atoms with van der Waals surface area (Å²) in [5.74, 6) is 0. The van der Waals surface area contributed by atoms with Gasteiger partial charge in [-0.15, -0.1) is 11.3 Å². The summed E-state index contributed by atoms with van der Waals surface area (Å²) in [5, 5.41) is 2.11. The Labute approximate surface area is 59.8 Å².